The van der Waals surface area contributed by atoms with Crippen LogP contribution in [0.3, 0.4) is 0 Å². The molecule has 11 rings (SSSR count). The lowest BCUT2D eigenvalue weighted by Crippen LogP contribution is -2.24. The van der Waals surface area contributed by atoms with Crippen molar-refractivity contribution in [2.45, 2.75) is 19.3 Å². The smallest absolute Gasteiger partial charge is 0.143 e. The molecule has 3 heteroatoms. The highest BCUT2D eigenvalue weighted by Gasteiger charge is 2.36. The van der Waals surface area contributed by atoms with E-state index in [1.54, 1.807) is 0 Å². The highest BCUT2D eigenvalue weighted by Crippen LogP contribution is 2.52. The van der Waals surface area contributed by atoms with Crippen molar-refractivity contribution >= 4 is 43.7 Å². The molecule has 54 heavy (non-hydrogen) atoms. The van der Waals surface area contributed by atoms with Crippen molar-refractivity contribution < 1.29 is 9.15 Å². The number of fused-ring (bicyclic) bond motifs is 8. The summed E-state index contributed by atoms with van der Waals surface area (Å²) in [6.07, 6.45) is 0. The van der Waals surface area contributed by atoms with Crippen LogP contribution >= 0.6 is 0 Å². The van der Waals surface area contributed by atoms with E-state index in [2.05, 4.69) is 188 Å². The maximum atomic E-state index is 6.85. The summed E-state index contributed by atoms with van der Waals surface area (Å²) in [7, 11) is 0. The molecule has 0 unspecified atom stereocenters. The number of benzene rings is 8. The lowest BCUT2D eigenvalue weighted by Gasteiger charge is -2.35. The van der Waals surface area contributed by atoms with Crippen molar-refractivity contribution in [2.75, 3.05) is 0 Å². The van der Waals surface area contributed by atoms with Gasteiger partial charge in [-0.1, -0.05) is 141 Å². The summed E-state index contributed by atoms with van der Waals surface area (Å²) in [5.41, 5.74) is 14.0. The maximum Gasteiger partial charge on any atom is 0.143 e. The zero-order valence-electron chi connectivity index (χ0n) is 30.0. The van der Waals surface area contributed by atoms with E-state index in [1.165, 1.54) is 38.6 Å². The predicted molar refractivity (Wildman–Crippen MR) is 223 cm³/mol. The molecular formula is C51H35NO2. The van der Waals surface area contributed by atoms with E-state index in [-0.39, 0.29) is 5.41 Å². The predicted octanol–water partition coefficient (Wildman–Crippen LogP) is 14.1. The first-order valence-corrected chi connectivity index (χ1v) is 18.6. The summed E-state index contributed by atoms with van der Waals surface area (Å²) in [5, 5.41) is 4.58. The zero-order valence-corrected chi connectivity index (χ0v) is 30.0. The number of ether oxygens (including phenoxy) is 1. The van der Waals surface area contributed by atoms with Gasteiger partial charge < -0.3 is 13.7 Å². The zero-order chi connectivity index (χ0) is 36.0. The summed E-state index contributed by atoms with van der Waals surface area (Å²) >= 11 is 0. The molecule has 1 aliphatic rings. The van der Waals surface area contributed by atoms with Crippen LogP contribution in [0.4, 0.5) is 0 Å². The number of furan rings is 1. The summed E-state index contributed by atoms with van der Waals surface area (Å²) in [5.74, 6) is 1.77. The number of rotatable bonds is 4. The fourth-order valence-electron chi connectivity index (χ4n) is 8.74. The monoisotopic (exact) mass is 693 g/mol. The van der Waals surface area contributed by atoms with Crippen LogP contribution < -0.4 is 4.74 Å². The first kappa shape index (κ1) is 30.8. The van der Waals surface area contributed by atoms with Crippen LogP contribution in [0.1, 0.15) is 25.0 Å². The van der Waals surface area contributed by atoms with Gasteiger partial charge in [0.1, 0.15) is 22.7 Å². The van der Waals surface area contributed by atoms with Crippen LogP contribution in [0.25, 0.3) is 82.8 Å². The summed E-state index contributed by atoms with van der Waals surface area (Å²) < 4.78 is 16.0. The maximum absolute atomic E-state index is 6.85. The average Bonchev–Trinajstić information content (AvgIpc) is 3.76. The molecule has 256 valence electrons. The van der Waals surface area contributed by atoms with E-state index in [0.717, 1.165) is 66.8 Å². The summed E-state index contributed by atoms with van der Waals surface area (Å²) in [6, 6.07) is 63.0. The van der Waals surface area contributed by atoms with Gasteiger partial charge in [-0.3, -0.25) is 0 Å². The Hall–Kier alpha value is -6.84. The number of para-hydroxylation sites is 3. The molecule has 0 N–H and O–H groups in total. The Kier molecular flexibility index (Phi) is 6.60. The Morgan fingerprint density at radius 2 is 1.06 bits per heavy atom. The minimum Gasteiger partial charge on any atom is -0.456 e. The van der Waals surface area contributed by atoms with Gasteiger partial charge in [0.2, 0.25) is 0 Å². The van der Waals surface area contributed by atoms with E-state index in [0.29, 0.717) is 0 Å². The van der Waals surface area contributed by atoms with E-state index >= 15 is 0 Å². The van der Waals surface area contributed by atoms with Gasteiger partial charge in [0.15, 0.2) is 0 Å². The van der Waals surface area contributed by atoms with Crippen molar-refractivity contribution in [1.82, 2.24) is 4.57 Å². The molecule has 0 saturated carbocycles. The van der Waals surface area contributed by atoms with Crippen LogP contribution in [0.15, 0.2) is 180 Å². The number of nitrogens with zero attached hydrogens (tertiary/aromatic N) is 1. The molecule has 0 amide bonds. The molecule has 1 aliphatic heterocycles. The van der Waals surface area contributed by atoms with Crippen molar-refractivity contribution in [2.24, 2.45) is 0 Å². The van der Waals surface area contributed by atoms with Crippen molar-refractivity contribution in [3.8, 4) is 50.6 Å². The van der Waals surface area contributed by atoms with Crippen molar-refractivity contribution in [3.05, 3.63) is 187 Å². The first-order chi connectivity index (χ1) is 26.5. The van der Waals surface area contributed by atoms with E-state index in [4.69, 9.17) is 9.15 Å². The molecule has 2 aromatic heterocycles. The standard InChI is InChI=1S/C51H35NO2/c1-51(2)43-20-10-12-23-48(43)54-50-38(19-13-21-44(50)51)42-31-36(30-41-37-18-9-11-22-47(37)53-49(41)42)52-45-26-24-34(32-14-5-3-6-15-32)28-39(45)40-29-35(25-27-46(40)52)33-16-7-4-8-17-33/h3-31H,1-2H3. The molecule has 0 atom stereocenters. The largest absolute Gasteiger partial charge is 0.456 e. The van der Waals surface area contributed by atoms with Gasteiger partial charge >= 0.3 is 0 Å². The fraction of sp³-hybridized carbons (Fsp3) is 0.0588. The molecule has 0 saturated heterocycles. The van der Waals surface area contributed by atoms with E-state index < -0.39 is 0 Å². The third kappa shape index (κ3) is 4.55. The van der Waals surface area contributed by atoms with Gasteiger partial charge in [0, 0.05) is 54.9 Å². The van der Waals surface area contributed by atoms with Crippen LogP contribution in [0.5, 0.6) is 11.5 Å². The average molecular weight is 694 g/mol. The molecule has 0 radical (unpaired) electrons. The number of aromatic nitrogens is 1. The van der Waals surface area contributed by atoms with Crippen molar-refractivity contribution in [1.29, 1.82) is 0 Å². The van der Waals surface area contributed by atoms with Gasteiger partial charge in [-0.05, 0) is 70.8 Å². The Labute approximate surface area is 313 Å². The Bertz CT molecular complexity index is 3000. The third-order valence-corrected chi connectivity index (χ3v) is 11.5. The molecular weight excluding hydrogens is 659 g/mol. The minimum atomic E-state index is -0.245. The number of hydrogen-bond donors (Lipinski definition) is 0. The molecule has 10 aromatic rings. The molecule has 0 bridgehead atoms. The van der Waals surface area contributed by atoms with Crippen LogP contribution in [-0.4, -0.2) is 4.57 Å². The molecule has 0 fully saturated rings. The summed E-state index contributed by atoms with van der Waals surface area (Å²) in [4.78, 5) is 0. The van der Waals surface area contributed by atoms with Gasteiger partial charge in [-0.15, -0.1) is 0 Å². The summed E-state index contributed by atoms with van der Waals surface area (Å²) in [6.45, 7) is 4.57. The quantitative estimate of drug-likeness (QED) is 0.183. The highest BCUT2D eigenvalue weighted by molar-refractivity contribution is 6.14. The highest BCUT2D eigenvalue weighted by atomic mass is 16.5. The van der Waals surface area contributed by atoms with E-state index in [9.17, 15) is 0 Å². The molecule has 8 aromatic carbocycles. The Morgan fingerprint density at radius 1 is 0.444 bits per heavy atom. The van der Waals surface area contributed by atoms with Gasteiger partial charge in [0.05, 0.1) is 11.0 Å². The lowest BCUT2D eigenvalue weighted by molar-refractivity contribution is 0.419. The van der Waals surface area contributed by atoms with E-state index in [1.807, 2.05) is 6.07 Å². The normalized spacial score (nSPS) is 13.3. The van der Waals surface area contributed by atoms with Gasteiger partial charge in [-0.2, -0.15) is 0 Å². The Balaban J connectivity index is 1.22. The van der Waals surface area contributed by atoms with Crippen LogP contribution in [-0.2, 0) is 5.41 Å². The Morgan fingerprint density at radius 3 is 1.76 bits per heavy atom. The van der Waals surface area contributed by atoms with Crippen LogP contribution in [0.2, 0.25) is 0 Å². The molecule has 0 aliphatic carbocycles. The lowest BCUT2D eigenvalue weighted by atomic mass is 9.75. The molecule has 3 nitrogen and oxygen atoms in total. The van der Waals surface area contributed by atoms with Crippen molar-refractivity contribution in [3.63, 3.8) is 0 Å². The first-order valence-electron chi connectivity index (χ1n) is 18.6. The van der Waals surface area contributed by atoms with Crippen LogP contribution in [0, 0.1) is 0 Å². The van der Waals surface area contributed by atoms with Gasteiger partial charge in [-0.25, -0.2) is 0 Å². The number of hydrogen-bond acceptors (Lipinski definition) is 2. The molecule has 3 heterocycles. The second-order valence-corrected chi connectivity index (χ2v) is 14.9. The second-order valence-electron chi connectivity index (χ2n) is 14.9. The minimum absolute atomic E-state index is 0.245. The second kappa shape index (κ2) is 11.6. The van der Waals surface area contributed by atoms with Gasteiger partial charge in [0.25, 0.3) is 0 Å². The fourth-order valence-corrected chi connectivity index (χ4v) is 8.74. The topological polar surface area (TPSA) is 27.3 Å². The third-order valence-electron chi connectivity index (χ3n) is 11.5. The molecule has 0 spiro atoms. The SMILES string of the molecule is CC1(C)c2ccccc2Oc2c(-c3cc(-n4c5ccc(-c6ccccc6)cc5c5cc(-c6ccccc6)ccc54)cc4c3oc3ccccc34)cccc21.